The molecule has 1 aliphatic rings. The molecule has 2 heterocycles. The summed E-state index contributed by atoms with van der Waals surface area (Å²) >= 11 is 12.8. The van der Waals surface area contributed by atoms with E-state index in [1.165, 1.54) is 6.07 Å². The van der Waals surface area contributed by atoms with Crippen molar-refractivity contribution < 1.29 is 19.4 Å². The minimum atomic E-state index is -0.546. The number of carbonyl (C=O) groups excluding carboxylic acids is 1. The summed E-state index contributed by atoms with van der Waals surface area (Å²) in [6.45, 7) is 7.51. The maximum absolute atomic E-state index is 13.8. The molecule has 2 N–H and O–H groups in total. The molecule has 1 unspecified atom stereocenters. The Bertz CT molecular complexity index is 1540. The molecule has 1 aromatic heterocycles. The standard InChI is InChI=1S/C31H31Cl2N3O4/c1-4-39-26-15-19(9-12-25(26)40-14-13-18(2)3)30-27-28(22-16-21(32)10-11-24(22)37)34-35-29(27)31(38)36(30)17-20-7-5-6-8-23(20)33/h5-12,15-16,18,30,37H,4,13-14,17H2,1-3H3,(H,34,35). The second-order valence-electron chi connectivity index (χ2n) is 10.1. The van der Waals surface area contributed by atoms with E-state index in [0.29, 0.717) is 63.2 Å². The monoisotopic (exact) mass is 579 g/mol. The summed E-state index contributed by atoms with van der Waals surface area (Å²) in [7, 11) is 0. The first-order valence-corrected chi connectivity index (χ1v) is 14.0. The average Bonchev–Trinajstić information content (AvgIpc) is 3.46. The van der Waals surface area contributed by atoms with Crippen LogP contribution >= 0.6 is 23.2 Å². The van der Waals surface area contributed by atoms with Crippen LogP contribution in [0.4, 0.5) is 0 Å². The molecular weight excluding hydrogens is 549 g/mol. The van der Waals surface area contributed by atoms with Gasteiger partial charge in [0.1, 0.15) is 17.1 Å². The van der Waals surface area contributed by atoms with E-state index in [0.717, 1.165) is 17.5 Å². The number of aromatic hydroxyl groups is 1. The third-order valence-electron chi connectivity index (χ3n) is 6.91. The molecule has 1 aliphatic heterocycles. The van der Waals surface area contributed by atoms with Gasteiger partial charge in [-0.15, -0.1) is 0 Å². The van der Waals surface area contributed by atoms with Crippen molar-refractivity contribution in [1.29, 1.82) is 0 Å². The number of nitrogens with zero attached hydrogens (tertiary/aromatic N) is 2. The molecule has 5 rings (SSSR count). The zero-order valence-electron chi connectivity index (χ0n) is 22.6. The number of hydrogen-bond acceptors (Lipinski definition) is 5. The van der Waals surface area contributed by atoms with Gasteiger partial charge in [-0.25, -0.2) is 0 Å². The predicted molar refractivity (Wildman–Crippen MR) is 156 cm³/mol. The van der Waals surface area contributed by atoms with Crippen molar-refractivity contribution in [3.63, 3.8) is 0 Å². The summed E-state index contributed by atoms with van der Waals surface area (Å²) < 4.78 is 12.0. The molecule has 9 heteroatoms. The number of halogens is 2. The van der Waals surface area contributed by atoms with E-state index in [-0.39, 0.29) is 18.2 Å². The lowest BCUT2D eigenvalue weighted by Gasteiger charge is -2.27. The largest absolute Gasteiger partial charge is 0.507 e. The number of rotatable bonds is 10. The van der Waals surface area contributed by atoms with Crippen LogP contribution in [-0.4, -0.2) is 39.3 Å². The van der Waals surface area contributed by atoms with Gasteiger partial charge < -0.3 is 19.5 Å². The van der Waals surface area contributed by atoms with Crippen LogP contribution in [0.2, 0.25) is 10.0 Å². The van der Waals surface area contributed by atoms with E-state index >= 15 is 0 Å². The van der Waals surface area contributed by atoms with Gasteiger partial charge in [0.25, 0.3) is 5.91 Å². The highest BCUT2D eigenvalue weighted by atomic mass is 35.5. The van der Waals surface area contributed by atoms with Crippen molar-refractivity contribution >= 4 is 29.1 Å². The van der Waals surface area contributed by atoms with Crippen LogP contribution < -0.4 is 9.47 Å². The number of aromatic nitrogens is 2. The lowest BCUT2D eigenvalue weighted by Crippen LogP contribution is -2.29. The second-order valence-corrected chi connectivity index (χ2v) is 11.0. The third-order valence-corrected chi connectivity index (χ3v) is 7.52. The first kappa shape index (κ1) is 27.9. The van der Waals surface area contributed by atoms with Crippen molar-refractivity contribution in [2.24, 2.45) is 5.92 Å². The summed E-state index contributed by atoms with van der Waals surface area (Å²) in [6.07, 6.45) is 0.918. The van der Waals surface area contributed by atoms with Crippen LogP contribution in [0.3, 0.4) is 0 Å². The van der Waals surface area contributed by atoms with Gasteiger partial charge in [0.15, 0.2) is 11.5 Å². The fourth-order valence-corrected chi connectivity index (χ4v) is 5.27. The topological polar surface area (TPSA) is 87.7 Å². The van der Waals surface area contributed by atoms with Gasteiger partial charge in [-0.3, -0.25) is 9.89 Å². The van der Waals surface area contributed by atoms with E-state index in [1.807, 2.05) is 43.3 Å². The summed E-state index contributed by atoms with van der Waals surface area (Å²) in [4.78, 5) is 15.6. The number of aromatic amines is 1. The van der Waals surface area contributed by atoms with E-state index in [1.54, 1.807) is 23.1 Å². The molecule has 40 heavy (non-hydrogen) atoms. The summed E-state index contributed by atoms with van der Waals surface area (Å²) in [5.74, 6) is 1.54. The van der Waals surface area contributed by atoms with Crippen molar-refractivity contribution in [2.45, 2.75) is 39.8 Å². The normalized spacial score (nSPS) is 14.6. The average molecular weight is 581 g/mol. The SMILES string of the molecule is CCOc1cc(C2c3c(-c4cc(Cl)ccc4O)n[nH]c3C(=O)N2Cc2ccccc2Cl)ccc1OCCC(C)C. The number of benzene rings is 3. The molecule has 0 bridgehead atoms. The maximum atomic E-state index is 13.8. The Morgan fingerprint density at radius 1 is 1.05 bits per heavy atom. The summed E-state index contributed by atoms with van der Waals surface area (Å²) in [5, 5.41) is 19.1. The highest BCUT2D eigenvalue weighted by Crippen LogP contribution is 2.47. The van der Waals surface area contributed by atoms with Gasteiger partial charge in [0.2, 0.25) is 0 Å². The number of phenols is 1. The van der Waals surface area contributed by atoms with Crippen LogP contribution in [0.1, 0.15) is 60.4 Å². The molecule has 0 fully saturated rings. The Hall–Kier alpha value is -3.68. The number of carbonyl (C=O) groups is 1. The Balaban J connectivity index is 1.63. The molecular formula is C31H31Cl2N3O4. The molecule has 0 saturated heterocycles. The van der Waals surface area contributed by atoms with Crippen molar-refractivity contribution in [2.75, 3.05) is 13.2 Å². The molecule has 0 radical (unpaired) electrons. The van der Waals surface area contributed by atoms with Crippen LogP contribution in [0, 0.1) is 5.92 Å². The molecule has 208 valence electrons. The summed E-state index contributed by atoms with van der Waals surface area (Å²) in [6, 6.07) is 17.4. The zero-order valence-corrected chi connectivity index (χ0v) is 24.1. The van der Waals surface area contributed by atoms with E-state index in [2.05, 4.69) is 24.0 Å². The minimum absolute atomic E-state index is 0.0124. The number of phenolic OH excluding ortho intramolecular Hbond substituents is 1. The first-order chi connectivity index (χ1) is 19.3. The number of nitrogens with one attached hydrogen (secondary N) is 1. The fourth-order valence-electron chi connectivity index (χ4n) is 4.91. The van der Waals surface area contributed by atoms with Gasteiger partial charge in [0.05, 0.1) is 19.3 Å². The number of amides is 1. The molecule has 7 nitrogen and oxygen atoms in total. The zero-order chi connectivity index (χ0) is 28.4. The number of fused-ring (bicyclic) bond motifs is 1. The smallest absolute Gasteiger partial charge is 0.273 e. The number of ether oxygens (including phenoxy) is 2. The number of H-pyrrole nitrogens is 1. The predicted octanol–water partition coefficient (Wildman–Crippen LogP) is 7.66. The molecule has 1 amide bonds. The van der Waals surface area contributed by atoms with Crippen LogP contribution in [0.25, 0.3) is 11.3 Å². The minimum Gasteiger partial charge on any atom is -0.507 e. The van der Waals surface area contributed by atoms with Gasteiger partial charge >= 0.3 is 0 Å². The molecule has 0 spiro atoms. The van der Waals surface area contributed by atoms with Crippen molar-refractivity contribution in [3.8, 4) is 28.5 Å². The van der Waals surface area contributed by atoms with Crippen molar-refractivity contribution in [1.82, 2.24) is 15.1 Å². The molecule has 3 aromatic carbocycles. The van der Waals surface area contributed by atoms with Gasteiger partial charge in [-0.05, 0) is 66.8 Å². The van der Waals surface area contributed by atoms with Gasteiger partial charge in [-0.1, -0.05) is 61.3 Å². The molecule has 4 aromatic rings. The number of hydrogen-bond donors (Lipinski definition) is 2. The van der Waals surface area contributed by atoms with Crippen molar-refractivity contribution in [3.05, 3.63) is 93.1 Å². The van der Waals surface area contributed by atoms with E-state index in [9.17, 15) is 9.90 Å². The third kappa shape index (κ3) is 5.49. The molecule has 1 atom stereocenters. The molecule has 0 saturated carbocycles. The maximum Gasteiger partial charge on any atom is 0.273 e. The molecule has 0 aliphatic carbocycles. The summed E-state index contributed by atoms with van der Waals surface area (Å²) in [5.41, 5.74) is 3.49. The van der Waals surface area contributed by atoms with Gasteiger partial charge in [-0.2, -0.15) is 5.10 Å². The van der Waals surface area contributed by atoms with E-state index < -0.39 is 6.04 Å². The van der Waals surface area contributed by atoms with Crippen LogP contribution in [-0.2, 0) is 6.54 Å². The Morgan fingerprint density at radius 3 is 2.60 bits per heavy atom. The quantitative estimate of drug-likeness (QED) is 0.201. The Labute approximate surface area is 243 Å². The second kappa shape index (κ2) is 11.8. The van der Waals surface area contributed by atoms with Crippen LogP contribution in [0.5, 0.6) is 17.2 Å². The highest BCUT2D eigenvalue weighted by Gasteiger charge is 2.43. The van der Waals surface area contributed by atoms with Gasteiger partial charge in [0, 0.05) is 27.7 Å². The van der Waals surface area contributed by atoms with Crippen LogP contribution in [0.15, 0.2) is 60.7 Å². The first-order valence-electron chi connectivity index (χ1n) is 13.3. The lowest BCUT2D eigenvalue weighted by atomic mass is 9.95. The Morgan fingerprint density at radius 2 is 1.85 bits per heavy atom. The highest BCUT2D eigenvalue weighted by molar-refractivity contribution is 6.31. The Kier molecular flexibility index (Phi) is 8.24. The lowest BCUT2D eigenvalue weighted by molar-refractivity contribution is 0.0730. The van der Waals surface area contributed by atoms with E-state index in [4.69, 9.17) is 32.7 Å². The fraction of sp³-hybridized carbons (Fsp3) is 0.290.